The molecule has 3 rings (SSSR count). The number of benzene rings is 1. The molecule has 1 amide bonds. The van der Waals surface area contributed by atoms with Gasteiger partial charge < -0.3 is 10.2 Å². The number of carbonyl (C=O) groups excluding carboxylic acids is 1. The van der Waals surface area contributed by atoms with Crippen LogP contribution in [-0.4, -0.2) is 36.0 Å². The number of halogens is 1. The number of amides is 1. The Morgan fingerprint density at radius 2 is 2.04 bits per heavy atom. The van der Waals surface area contributed by atoms with E-state index in [1.54, 1.807) is 4.90 Å². The second kappa shape index (κ2) is 8.00. The monoisotopic (exact) mass is 347 g/mol. The first kappa shape index (κ1) is 18.8. The lowest BCUT2D eigenvalue weighted by molar-refractivity contribution is -0.133. The Bertz CT molecular complexity index is 608. The fraction of sp³-hybridized carbons (Fsp3) is 0.579. The summed E-state index contributed by atoms with van der Waals surface area (Å²) in [4.78, 5) is 14.4. The molecular weight excluding hydrogens is 322 g/mol. The van der Waals surface area contributed by atoms with Gasteiger partial charge in [0.1, 0.15) is 6.04 Å². The van der Waals surface area contributed by atoms with Crippen molar-refractivity contribution in [2.24, 2.45) is 0 Å². The second-order valence-corrected chi connectivity index (χ2v) is 7.03. The van der Waals surface area contributed by atoms with Crippen molar-refractivity contribution in [2.75, 3.05) is 13.1 Å². The summed E-state index contributed by atoms with van der Waals surface area (Å²) in [7, 11) is 0. The third-order valence-corrected chi connectivity index (χ3v) is 5.19. The van der Waals surface area contributed by atoms with Crippen LogP contribution in [0, 0.1) is 11.3 Å². The van der Waals surface area contributed by atoms with Crippen LogP contribution in [0.15, 0.2) is 24.3 Å². The first-order valence-electron chi connectivity index (χ1n) is 8.63. The highest BCUT2D eigenvalue weighted by atomic mass is 35.5. The lowest BCUT2D eigenvalue weighted by atomic mass is 9.93. The van der Waals surface area contributed by atoms with Crippen molar-refractivity contribution in [3.05, 3.63) is 35.4 Å². The van der Waals surface area contributed by atoms with E-state index in [2.05, 4.69) is 49.5 Å². The van der Waals surface area contributed by atoms with Gasteiger partial charge >= 0.3 is 0 Å². The molecule has 0 unspecified atom stereocenters. The summed E-state index contributed by atoms with van der Waals surface area (Å²) in [6, 6.07) is 10.7. The summed E-state index contributed by atoms with van der Waals surface area (Å²) in [5.41, 5.74) is 2.65. The van der Waals surface area contributed by atoms with Gasteiger partial charge in [-0.1, -0.05) is 38.1 Å². The Hall–Kier alpha value is -1.57. The summed E-state index contributed by atoms with van der Waals surface area (Å²) < 4.78 is 0. The predicted octanol–water partition coefficient (Wildman–Crippen LogP) is 3.19. The second-order valence-electron chi connectivity index (χ2n) is 7.03. The fourth-order valence-electron chi connectivity index (χ4n) is 3.70. The number of carbonyl (C=O) groups is 1. The Kier molecular flexibility index (Phi) is 6.26. The molecule has 5 heteroatoms. The Morgan fingerprint density at radius 3 is 2.67 bits per heavy atom. The average Bonchev–Trinajstić information content (AvgIpc) is 3.23. The van der Waals surface area contributed by atoms with E-state index in [0.717, 1.165) is 32.4 Å². The normalized spacial score (nSPS) is 26.2. The van der Waals surface area contributed by atoms with Crippen LogP contribution < -0.4 is 5.32 Å². The van der Waals surface area contributed by atoms with Gasteiger partial charge in [-0.3, -0.25) is 4.79 Å². The molecule has 3 atom stereocenters. The number of likely N-dealkylation sites (tertiary alicyclic amines) is 1. The van der Waals surface area contributed by atoms with E-state index in [-0.39, 0.29) is 30.4 Å². The number of nitrogens with one attached hydrogen (secondary N) is 1. The average molecular weight is 348 g/mol. The van der Waals surface area contributed by atoms with Crippen molar-refractivity contribution >= 4 is 18.3 Å². The number of hydrogen-bond acceptors (Lipinski definition) is 3. The molecule has 0 radical (unpaired) electrons. The van der Waals surface area contributed by atoms with E-state index in [1.807, 2.05) is 0 Å². The molecule has 1 aromatic rings. The Balaban J connectivity index is 0.00000208. The van der Waals surface area contributed by atoms with Gasteiger partial charge in [-0.05, 0) is 42.2 Å². The molecule has 130 valence electrons. The first-order valence-corrected chi connectivity index (χ1v) is 8.63. The maximum atomic E-state index is 12.6. The van der Waals surface area contributed by atoms with Gasteiger partial charge in [0.05, 0.1) is 12.1 Å². The SMILES string of the molecule is CC(C)c1ccc([C@@H]2CN[C@H](C(=O)N3CCC[C@H]3C#N)C2)cc1.Cl. The van der Waals surface area contributed by atoms with Crippen molar-refractivity contribution in [1.82, 2.24) is 10.2 Å². The van der Waals surface area contributed by atoms with Crippen molar-refractivity contribution in [2.45, 2.75) is 57.0 Å². The van der Waals surface area contributed by atoms with E-state index in [0.29, 0.717) is 11.8 Å². The lowest BCUT2D eigenvalue weighted by Crippen LogP contribution is -2.45. The predicted molar refractivity (Wildman–Crippen MR) is 97.3 cm³/mol. The van der Waals surface area contributed by atoms with Crippen LogP contribution in [0.5, 0.6) is 0 Å². The largest absolute Gasteiger partial charge is 0.325 e. The quantitative estimate of drug-likeness (QED) is 0.913. The molecule has 0 spiro atoms. The fourth-order valence-corrected chi connectivity index (χ4v) is 3.70. The van der Waals surface area contributed by atoms with Crippen LogP contribution in [-0.2, 0) is 4.79 Å². The summed E-state index contributed by atoms with van der Waals surface area (Å²) in [6.45, 7) is 5.95. The molecule has 2 heterocycles. The van der Waals surface area contributed by atoms with E-state index >= 15 is 0 Å². The molecule has 0 saturated carbocycles. The molecule has 2 aliphatic rings. The van der Waals surface area contributed by atoms with Crippen molar-refractivity contribution in [3.8, 4) is 6.07 Å². The molecule has 2 fully saturated rings. The van der Waals surface area contributed by atoms with E-state index in [4.69, 9.17) is 5.26 Å². The molecule has 0 aliphatic carbocycles. The maximum Gasteiger partial charge on any atom is 0.240 e. The van der Waals surface area contributed by atoms with Gasteiger partial charge in [-0.15, -0.1) is 12.4 Å². The van der Waals surface area contributed by atoms with Crippen molar-refractivity contribution in [1.29, 1.82) is 5.26 Å². The van der Waals surface area contributed by atoms with Gasteiger partial charge in [0, 0.05) is 13.1 Å². The highest BCUT2D eigenvalue weighted by Gasteiger charge is 2.37. The molecule has 1 aromatic carbocycles. The third kappa shape index (κ3) is 3.74. The number of nitriles is 1. The minimum absolute atomic E-state index is 0. The van der Waals surface area contributed by atoms with Crippen LogP contribution in [0.1, 0.15) is 56.1 Å². The van der Waals surface area contributed by atoms with Crippen LogP contribution in [0.4, 0.5) is 0 Å². The molecule has 2 aliphatic heterocycles. The van der Waals surface area contributed by atoms with Gasteiger partial charge in [0.15, 0.2) is 0 Å². The minimum atomic E-state index is -0.228. The van der Waals surface area contributed by atoms with Crippen LogP contribution >= 0.6 is 12.4 Å². The van der Waals surface area contributed by atoms with Crippen molar-refractivity contribution < 1.29 is 4.79 Å². The standard InChI is InChI=1S/C19H25N3O.ClH/c1-13(2)14-5-7-15(8-6-14)16-10-18(21-12-16)19(23)22-9-3-4-17(22)11-20;/h5-8,13,16-18,21H,3-4,9-10,12H2,1-2H3;1H/t16-,17-,18-;/m0./s1. The highest BCUT2D eigenvalue weighted by Crippen LogP contribution is 2.29. The zero-order valence-corrected chi connectivity index (χ0v) is 15.2. The smallest absolute Gasteiger partial charge is 0.240 e. The Labute approximate surface area is 150 Å². The molecule has 2 saturated heterocycles. The summed E-state index contributed by atoms with van der Waals surface area (Å²) >= 11 is 0. The minimum Gasteiger partial charge on any atom is -0.325 e. The zero-order valence-electron chi connectivity index (χ0n) is 14.4. The lowest BCUT2D eigenvalue weighted by Gasteiger charge is -2.23. The van der Waals surface area contributed by atoms with E-state index < -0.39 is 0 Å². The summed E-state index contributed by atoms with van der Waals surface area (Å²) in [5.74, 6) is 1.03. The first-order chi connectivity index (χ1) is 11.1. The van der Waals surface area contributed by atoms with Gasteiger partial charge in [0.2, 0.25) is 5.91 Å². The summed E-state index contributed by atoms with van der Waals surface area (Å²) in [5, 5.41) is 12.5. The third-order valence-electron chi connectivity index (χ3n) is 5.19. The van der Waals surface area contributed by atoms with E-state index in [9.17, 15) is 4.79 Å². The molecule has 1 N–H and O–H groups in total. The number of hydrogen-bond donors (Lipinski definition) is 1. The van der Waals surface area contributed by atoms with E-state index in [1.165, 1.54) is 11.1 Å². The van der Waals surface area contributed by atoms with Gasteiger partial charge in [-0.25, -0.2) is 0 Å². The van der Waals surface area contributed by atoms with Crippen LogP contribution in [0.25, 0.3) is 0 Å². The number of rotatable bonds is 3. The molecule has 0 aromatic heterocycles. The summed E-state index contributed by atoms with van der Waals surface area (Å²) in [6.07, 6.45) is 2.58. The Morgan fingerprint density at radius 1 is 1.33 bits per heavy atom. The topological polar surface area (TPSA) is 56.1 Å². The van der Waals surface area contributed by atoms with Crippen LogP contribution in [0.3, 0.4) is 0 Å². The maximum absolute atomic E-state index is 12.6. The zero-order chi connectivity index (χ0) is 16.4. The molecule has 24 heavy (non-hydrogen) atoms. The van der Waals surface area contributed by atoms with Crippen LogP contribution in [0.2, 0.25) is 0 Å². The van der Waals surface area contributed by atoms with Gasteiger partial charge in [0.25, 0.3) is 0 Å². The number of nitrogens with zero attached hydrogens (tertiary/aromatic N) is 2. The molecular formula is C19H26ClN3O. The van der Waals surface area contributed by atoms with Gasteiger partial charge in [-0.2, -0.15) is 5.26 Å². The van der Waals surface area contributed by atoms with Crippen molar-refractivity contribution in [3.63, 3.8) is 0 Å². The molecule has 0 bridgehead atoms. The highest BCUT2D eigenvalue weighted by molar-refractivity contribution is 5.85. The molecule has 4 nitrogen and oxygen atoms in total.